The molecule has 0 aromatic heterocycles. The summed E-state index contributed by atoms with van der Waals surface area (Å²) in [5.74, 6) is 0. The molecule has 0 aromatic carbocycles. The summed E-state index contributed by atoms with van der Waals surface area (Å²) in [6.07, 6.45) is 22.0. The first-order valence-electron chi connectivity index (χ1n) is 8.02. The van der Waals surface area contributed by atoms with Gasteiger partial charge in [0.05, 0.1) is 0 Å². The Bertz CT molecular complexity index is 143. The first-order valence-corrected chi connectivity index (χ1v) is 8.02. The smallest absolute Gasteiger partial charge is 0 e. The van der Waals surface area contributed by atoms with Crippen molar-refractivity contribution < 1.29 is 0 Å². The van der Waals surface area contributed by atoms with E-state index in [0.717, 1.165) is 0 Å². The van der Waals surface area contributed by atoms with Gasteiger partial charge in [-0.1, -0.05) is 90.0 Å². The molecular weight excluding hydrogens is 283 g/mol. The molecule has 0 unspecified atom stereocenters. The predicted molar refractivity (Wildman–Crippen MR) is 86.3 cm³/mol. The number of hydrogen-bond acceptors (Lipinski definition) is 0. The van der Waals surface area contributed by atoms with Crippen molar-refractivity contribution in [1.29, 1.82) is 0 Å². The SMILES string of the molecule is C=CCCCCCCCCCCCCCCC.[Se]. The van der Waals surface area contributed by atoms with Crippen molar-refractivity contribution in [3.05, 3.63) is 12.7 Å². The molecule has 0 atom stereocenters. The average Bonchev–Trinajstić information content (AvgIpc) is 2.35. The van der Waals surface area contributed by atoms with Gasteiger partial charge < -0.3 is 0 Å². The van der Waals surface area contributed by atoms with Crippen molar-refractivity contribution in [1.82, 2.24) is 0 Å². The van der Waals surface area contributed by atoms with E-state index in [9.17, 15) is 0 Å². The monoisotopic (exact) mass is 318 g/mol. The molecule has 0 aliphatic carbocycles. The van der Waals surface area contributed by atoms with Gasteiger partial charge in [0.25, 0.3) is 0 Å². The van der Waals surface area contributed by atoms with E-state index < -0.39 is 0 Å². The maximum atomic E-state index is 3.75. The minimum Gasteiger partial charge on any atom is -0.103 e. The van der Waals surface area contributed by atoms with E-state index in [1.54, 1.807) is 0 Å². The molecule has 0 heterocycles. The second-order valence-electron chi connectivity index (χ2n) is 5.32. The Balaban J connectivity index is 0. The van der Waals surface area contributed by atoms with E-state index in [1.165, 1.54) is 89.9 Å². The van der Waals surface area contributed by atoms with Gasteiger partial charge in [-0.25, -0.2) is 0 Å². The molecule has 0 spiro atoms. The third-order valence-electron chi connectivity index (χ3n) is 3.51. The molecule has 108 valence electrons. The molecule has 0 N–H and O–H groups in total. The summed E-state index contributed by atoms with van der Waals surface area (Å²) in [6.45, 7) is 6.04. The van der Waals surface area contributed by atoms with E-state index in [1.807, 2.05) is 6.08 Å². The minimum atomic E-state index is 0. The molecule has 0 fully saturated rings. The van der Waals surface area contributed by atoms with E-state index in [4.69, 9.17) is 0 Å². The molecule has 0 nitrogen and oxygen atoms in total. The zero-order valence-corrected chi connectivity index (χ0v) is 14.3. The van der Waals surface area contributed by atoms with Gasteiger partial charge in [0, 0.05) is 17.1 Å². The van der Waals surface area contributed by atoms with Crippen LogP contribution in [0.5, 0.6) is 0 Å². The third kappa shape index (κ3) is 18.6. The maximum Gasteiger partial charge on any atom is 0 e. The Morgan fingerprint density at radius 1 is 0.611 bits per heavy atom. The van der Waals surface area contributed by atoms with Crippen LogP contribution in [-0.2, 0) is 0 Å². The summed E-state index contributed by atoms with van der Waals surface area (Å²) in [5.41, 5.74) is 0. The maximum absolute atomic E-state index is 3.75. The van der Waals surface area contributed by atoms with Crippen molar-refractivity contribution >= 4 is 17.1 Å². The molecule has 0 aliphatic rings. The van der Waals surface area contributed by atoms with Crippen LogP contribution in [0.4, 0.5) is 0 Å². The van der Waals surface area contributed by atoms with Gasteiger partial charge in [-0.15, -0.1) is 6.58 Å². The van der Waals surface area contributed by atoms with Gasteiger partial charge >= 0.3 is 0 Å². The number of unbranched alkanes of at least 4 members (excludes halogenated alkanes) is 13. The van der Waals surface area contributed by atoms with Crippen molar-refractivity contribution in [3.8, 4) is 0 Å². The van der Waals surface area contributed by atoms with Crippen LogP contribution in [-0.4, -0.2) is 17.1 Å². The molecule has 0 amide bonds. The van der Waals surface area contributed by atoms with Gasteiger partial charge in [0.15, 0.2) is 0 Å². The van der Waals surface area contributed by atoms with Crippen molar-refractivity contribution in [2.45, 2.75) is 96.8 Å². The summed E-state index contributed by atoms with van der Waals surface area (Å²) in [4.78, 5) is 0. The molecule has 1 heteroatoms. The molecule has 18 heavy (non-hydrogen) atoms. The second-order valence-corrected chi connectivity index (χ2v) is 5.32. The Morgan fingerprint density at radius 2 is 0.944 bits per heavy atom. The zero-order valence-electron chi connectivity index (χ0n) is 12.6. The summed E-state index contributed by atoms with van der Waals surface area (Å²) >= 11 is 0. The van der Waals surface area contributed by atoms with Gasteiger partial charge in [-0.3, -0.25) is 0 Å². The van der Waals surface area contributed by atoms with Crippen LogP contribution in [0.25, 0.3) is 0 Å². The van der Waals surface area contributed by atoms with Gasteiger partial charge in [0.2, 0.25) is 0 Å². The molecule has 0 saturated heterocycles. The summed E-state index contributed by atoms with van der Waals surface area (Å²) in [6, 6.07) is 0. The third-order valence-corrected chi connectivity index (χ3v) is 3.51. The van der Waals surface area contributed by atoms with Crippen LogP contribution in [0.1, 0.15) is 96.8 Å². The van der Waals surface area contributed by atoms with E-state index >= 15 is 0 Å². The van der Waals surface area contributed by atoms with E-state index in [-0.39, 0.29) is 17.1 Å². The molecule has 0 aromatic rings. The quantitative estimate of drug-likeness (QED) is 0.201. The fraction of sp³-hybridized carbons (Fsp3) is 0.882. The second kappa shape index (κ2) is 19.6. The fourth-order valence-corrected chi connectivity index (χ4v) is 2.31. The van der Waals surface area contributed by atoms with Crippen molar-refractivity contribution in [3.63, 3.8) is 0 Å². The van der Waals surface area contributed by atoms with E-state index in [2.05, 4.69) is 13.5 Å². The summed E-state index contributed by atoms with van der Waals surface area (Å²) in [7, 11) is 0. The standard InChI is InChI=1S/C17H34.Se/c1-3-5-7-9-11-13-15-17-16-14-12-10-8-6-4-2;/h3H,1,4-17H2,2H3;. The molecule has 0 bridgehead atoms. The molecule has 0 saturated carbocycles. The molecule has 2 radical (unpaired) electrons. The van der Waals surface area contributed by atoms with Crippen LogP contribution in [0, 0.1) is 0 Å². The Morgan fingerprint density at radius 3 is 1.28 bits per heavy atom. The van der Waals surface area contributed by atoms with Crippen LogP contribution in [0.3, 0.4) is 0 Å². The minimum absolute atomic E-state index is 0. The normalized spacial score (nSPS) is 10.1. The van der Waals surface area contributed by atoms with Crippen molar-refractivity contribution in [2.75, 3.05) is 0 Å². The van der Waals surface area contributed by atoms with Crippen LogP contribution in [0.15, 0.2) is 12.7 Å². The number of allylic oxidation sites excluding steroid dienone is 1. The topological polar surface area (TPSA) is 0 Å². The first-order chi connectivity index (χ1) is 8.41. The first kappa shape index (κ1) is 20.6. The Hall–Kier alpha value is 0.259. The molecule has 0 aliphatic heterocycles. The Kier molecular flexibility index (Phi) is 22.4. The fourth-order valence-electron chi connectivity index (χ4n) is 2.31. The average molecular weight is 317 g/mol. The van der Waals surface area contributed by atoms with Crippen LogP contribution >= 0.6 is 0 Å². The van der Waals surface area contributed by atoms with Crippen LogP contribution < -0.4 is 0 Å². The van der Waals surface area contributed by atoms with Gasteiger partial charge in [-0.05, 0) is 12.8 Å². The van der Waals surface area contributed by atoms with Crippen molar-refractivity contribution in [2.24, 2.45) is 0 Å². The number of rotatable bonds is 14. The molecular formula is C17H34Se. The Labute approximate surface area is 126 Å². The van der Waals surface area contributed by atoms with E-state index in [0.29, 0.717) is 0 Å². The van der Waals surface area contributed by atoms with Crippen LogP contribution in [0.2, 0.25) is 0 Å². The van der Waals surface area contributed by atoms with Gasteiger partial charge in [0.1, 0.15) is 0 Å². The predicted octanol–water partition coefficient (Wildman–Crippen LogP) is 6.27. The van der Waals surface area contributed by atoms with Gasteiger partial charge in [-0.2, -0.15) is 0 Å². The summed E-state index contributed by atoms with van der Waals surface area (Å²) in [5, 5.41) is 0. The largest absolute Gasteiger partial charge is 0.103 e. The summed E-state index contributed by atoms with van der Waals surface area (Å²) < 4.78 is 0. The zero-order chi connectivity index (χ0) is 12.6. The number of hydrogen-bond donors (Lipinski definition) is 0. The molecule has 0 rings (SSSR count).